The predicted octanol–water partition coefficient (Wildman–Crippen LogP) is 3.47. The van der Waals surface area contributed by atoms with E-state index in [1.807, 2.05) is 17.7 Å². The van der Waals surface area contributed by atoms with E-state index >= 15 is 0 Å². The standard InChI is InChI=1S/C20H22FN5OS2/c1-14-12-29-20(22-14)24-18(27)10-25-6-8-26(9-7-25)11-19-23-17(13-28-19)15-2-4-16(21)5-3-15/h2-5,12-13H,6-11H2,1H3,(H,22,24,27). The van der Waals surface area contributed by atoms with E-state index in [0.717, 1.165) is 54.7 Å². The molecule has 9 heteroatoms. The number of halogens is 1. The molecule has 0 aliphatic carbocycles. The van der Waals surface area contributed by atoms with Crippen molar-refractivity contribution in [2.75, 3.05) is 38.0 Å². The van der Waals surface area contributed by atoms with Crippen molar-refractivity contribution in [3.63, 3.8) is 0 Å². The van der Waals surface area contributed by atoms with Crippen LogP contribution in [0.4, 0.5) is 9.52 Å². The third kappa shape index (κ3) is 5.45. The normalized spacial score (nSPS) is 15.5. The lowest BCUT2D eigenvalue weighted by atomic mass is 10.2. The number of hydrogen-bond donors (Lipinski definition) is 1. The van der Waals surface area contributed by atoms with Crippen molar-refractivity contribution in [2.24, 2.45) is 0 Å². The maximum absolute atomic E-state index is 13.1. The fraction of sp³-hybridized carbons (Fsp3) is 0.350. The topological polar surface area (TPSA) is 61.4 Å². The zero-order chi connectivity index (χ0) is 20.2. The fourth-order valence-electron chi connectivity index (χ4n) is 3.21. The second-order valence-electron chi connectivity index (χ2n) is 7.03. The van der Waals surface area contributed by atoms with Gasteiger partial charge in [0.2, 0.25) is 5.91 Å². The van der Waals surface area contributed by atoms with Crippen LogP contribution in [-0.4, -0.2) is 58.4 Å². The Morgan fingerprint density at radius 2 is 1.79 bits per heavy atom. The van der Waals surface area contributed by atoms with Crippen molar-refractivity contribution in [2.45, 2.75) is 13.5 Å². The summed E-state index contributed by atoms with van der Waals surface area (Å²) in [6.45, 7) is 6.59. The molecule has 2 aromatic heterocycles. The minimum absolute atomic E-state index is 0.0170. The van der Waals surface area contributed by atoms with Gasteiger partial charge >= 0.3 is 0 Å². The summed E-state index contributed by atoms with van der Waals surface area (Å²) < 4.78 is 13.1. The van der Waals surface area contributed by atoms with Crippen molar-refractivity contribution in [3.8, 4) is 11.3 Å². The number of aromatic nitrogens is 2. The fourth-order valence-corrected chi connectivity index (χ4v) is 4.76. The minimum Gasteiger partial charge on any atom is -0.301 e. The van der Waals surface area contributed by atoms with Gasteiger partial charge in [-0.15, -0.1) is 22.7 Å². The van der Waals surface area contributed by atoms with Gasteiger partial charge in [-0.05, 0) is 31.2 Å². The van der Waals surface area contributed by atoms with Gasteiger partial charge < -0.3 is 5.32 Å². The number of thiazole rings is 2. The Morgan fingerprint density at radius 3 is 2.48 bits per heavy atom. The van der Waals surface area contributed by atoms with Gasteiger partial charge in [-0.1, -0.05) is 0 Å². The lowest BCUT2D eigenvalue weighted by Crippen LogP contribution is -2.48. The molecule has 1 aliphatic rings. The molecule has 3 aromatic rings. The smallest absolute Gasteiger partial charge is 0.240 e. The first-order chi connectivity index (χ1) is 14.0. The Hall–Kier alpha value is -2.20. The second kappa shape index (κ2) is 9.08. The number of aryl methyl sites for hydroxylation is 1. The number of benzene rings is 1. The van der Waals surface area contributed by atoms with Gasteiger partial charge in [0, 0.05) is 42.5 Å². The maximum Gasteiger partial charge on any atom is 0.240 e. The molecule has 1 N–H and O–H groups in total. The summed E-state index contributed by atoms with van der Waals surface area (Å²) in [5.74, 6) is -0.255. The highest BCUT2D eigenvalue weighted by Gasteiger charge is 2.20. The first-order valence-corrected chi connectivity index (χ1v) is 11.2. The van der Waals surface area contributed by atoms with Crippen LogP contribution in [0.3, 0.4) is 0 Å². The average molecular weight is 432 g/mol. The average Bonchev–Trinajstić information content (AvgIpc) is 3.33. The van der Waals surface area contributed by atoms with E-state index in [1.54, 1.807) is 23.5 Å². The van der Waals surface area contributed by atoms with E-state index in [-0.39, 0.29) is 11.7 Å². The van der Waals surface area contributed by atoms with Gasteiger partial charge in [0.25, 0.3) is 0 Å². The zero-order valence-electron chi connectivity index (χ0n) is 16.1. The summed E-state index contributed by atoms with van der Waals surface area (Å²) in [5, 5.41) is 8.52. The molecule has 1 amide bonds. The Kier molecular flexibility index (Phi) is 6.29. The van der Waals surface area contributed by atoms with Gasteiger partial charge in [-0.2, -0.15) is 0 Å². The molecule has 1 aliphatic heterocycles. The van der Waals surface area contributed by atoms with E-state index in [1.165, 1.54) is 23.5 Å². The van der Waals surface area contributed by atoms with Crippen molar-refractivity contribution in [1.82, 2.24) is 19.8 Å². The number of nitrogens with zero attached hydrogens (tertiary/aromatic N) is 4. The summed E-state index contributed by atoms with van der Waals surface area (Å²) in [5.41, 5.74) is 2.74. The minimum atomic E-state index is -0.238. The molecule has 3 heterocycles. The molecule has 0 radical (unpaired) electrons. The number of amides is 1. The molecule has 1 aromatic carbocycles. The quantitative estimate of drug-likeness (QED) is 0.648. The summed E-state index contributed by atoms with van der Waals surface area (Å²) in [7, 11) is 0. The molecule has 6 nitrogen and oxygen atoms in total. The van der Waals surface area contributed by atoms with Crippen LogP contribution in [0.5, 0.6) is 0 Å². The first-order valence-electron chi connectivity index (χ1n) is 9.42. The molecule has 0 spiro atoms. The van der Waals surface area contributed by atoms with E-state index in [9.17, 15) is 9.18 Å². The van der Waals surface area contributed by atoms with Gasteiger partial charge in [-0.25, -0.2) is 14.4 Å². The molecule has 4 rings (SSSR count). The Labute approximate surface area is 177 Å². The van der Waals surface area contributed by atoms with Gasteiger partial charge in [0.15, 0.2) is 5.13 Å². The lowest BCUT2D eigenvalue weighted by Gasteiger charge is -2.33. The van der Waals surface area contributed by atoms with E-state index in [4.69, 9.17) is 4.98 Å². The van der Waals surface area contributed by atoms with Gasteiger partial charge in [-0.3, -0.25) is 14.6 Å². The number of carbonyl (C=O) groups is 1. The molecule has 1 fully saturated rings. The van der Waals surface area contributed by atoms with E-state index in [2.05, 4.69) is 20.1 Å². The molecule has 0 bridgehead atoms. The molecule has 29 heavy (non-hydrogen) atoms. The molecule has 0 atom stereocenters. The highest BCUT2D eigenvalue weighted by atomic mass is 32.1. The van der Waals surface area contributed by atoms with Crippen LogP contribution in [0.15, 0.2) is 35.0 Å². The SMILES string of the molecule is Cc1csc(NC(=O)CN2CCN(Cc3nc(-c4ccc(F)cc4)cs3)CC2)n1. The second-order valence-corrected chi connectivity index (χ2v) is 8.83. The Bertz CT molecular complexity index is 963. The molecular weight excluding hydrogens is 409 g/mol. The van der Waals surface area contributed by atoms with Crippen LogP contribution in [0.2, 0.25) is 0 Å². The van der Waals surface area contributed by atoms with Crippen LogP contribution < -0.4 is 5.32 Å². The summed E-state index contributed by atoms with van der Waals surface area (Å²) in [6.07, 6.45) is 0. The van der Waals surface area contributed by atoms with Crippen molar-refractivity contribution >= 4 is 33.7 Å². The third-order valence-electron chi connectivity index (χ3n) is 4.75. The largest absolute Gasteiger partial charge is 0.301 e. The number of hydrogen-bond acceptors (Lipinski definition) is 7. The van der Waals surface area contributed by atoms with Crippen LogP contribution in [-0.2, 0) is 11.3 Å². The third-order valence-corrected chi connectivity index (χ3v) is 6.46. The summed E-state index contributed by atoms with van der Waals surface area (Å²) >= 11 is 3.08. The van der Waals surface area contributed by atoms with Crippen molar-refractivity contribution in [1.29, 1.82) is 0 Å². The Morgan fingerprint density at radius 1 is 1.07 bits per heavy atom. The van der Waals surface area contributed by atoms with Crippen LogP contribution in [0, 0.1) is 12.7 Å². The number of nitrogens with one attached hydrogen (secondary N) is 1. The maximum atomic E-state index is 13.1. The molecular formula is C20H22FN5OS2. The highest BCUT2D eigenvalue weighted by molar-refractivity contribution is 7.13. The Balaban J connectivity index is 1.24. The van der Waals surface area contributed by atoms with Crippen LogP contribution in [0.25, 0.3) is 11.3 Å². The molecule has 1 saturated heterocycles. The lowest BCUT2D eigenvalue weighted by molar-refractivity contribution is -0.117. The van der Waals surface area contributed by atoms with Gasteiger partial charge in [0.1, 0.15) is 10.8 Å². The van der Waals surface area contributed by atoms with Crippen LogP contribution >= 0.6 is 22.7 Å². The zero-order valence-corrected chi connectivity index (χ0v) is 17.7. The van der Waals surface area contributed by atoms with Crippen molar-refractivity contribution < 1.29 is 9.18 Å². The van der Waals surface area contributed by atoms with Crippen LogP contribution in [0.1, 0.15) is 10.7 Å². The number of rotatable bonds is 6. The summed E-state index contributed by atoms with van der Waals surface area (Å²) in [6, 6.07) is 6.43. The van der Waals surface area contributed by atoms with Crippen molar-refractivity contribution in [3.05, 3.63) is 51.5 Å². The first kappa shape index (κ1) is 20.1. The van der Waals surface area contributed by atoms with Gasteiger partial charge in [0.05, 0.1) is 24.5 Å². The summed E-state index contributed by atoms with van der Waals surface area (Å²) in [4.78, 5) is 25.7. The molecule has 0 unspecified atom stereocenters. The molecule has 152 valence electrons. The molecule has 0 saturated carbocycles. The monoisotopic (exact) mass is 431 g/mol. The number of carbonyl (C=O) groups excluding carboxylic acids is 1. The number of piperazine rings is 1. The number of anilines is 1. The van der Waals surface area contributed by atoms with E-state index < -0.39 is 0 Å². The van der Waals surface area contributed by atoms with E-state index in [0.29, 0.717) is 11.7 Å². The highest BCUT2D eigenvalue weighted by Crippen LogP contribution is 2.23. The predicted molar refractivity (Wildman–Crippen MR) is 115 cm³/mol.